The summed E-state index contributed by atoms with van der Waals surface area (Å²) in [5.74, 6) is -3.70. The highest BCUT2D eigenvalue weighted by Gasteiger charge is 2.46. The van der Waals surface area contributed by atoms with Gasteiger partial charge in [-0.15, -0.1) is 0 Å². The van der Waals surface area contributed by atoms with Crippen molar-refractivity contribution in [2.75, 3.05) is 6.54 Å². The zero-order valence-corrected chi connectivity index (χ0v) is 21.9. The molecule has 4 heterocycles. The van der Waals surface area contributed by atoms with Crippen molar-refractivity contribution in [1.82, 2.24) is 20.1 Å². The summed E-state index contributed by atoms with van der Waals surface area (Å²) in [4.78, 5) is 47.2. The Labute approximate surface area is 225 Å². The van der Waals surface area contributed by atoms with Gasteiger partial charge in [-0.1, -0.05) is 30.3 Å². The second-order valence-electron chi connectivity index (χ2n) is 11.1. The number of benzene rings is 2. The van der Waals surface area contributed by atoms with Gasteiger partial charge in [-0.05, 0) is 67.9 Å². The number of fused-ring (bicyclic) bond motifs is 3. The minimum absolute atomic E-state index is 0.00682. The summed E-state index contributed by atoms with van der Waals surface area (Å²) in [6.07, 6.45) is 4.25. The van der Waals surface area contributed by atoms with Crippen LogP contribution in [-0.4, -0.2) is 57.2 Å². The first-order valence-electron chi connectivity index (χ1n) is 13.7. The monoisotopic (exact) mass is 534 g/mol. The number of aromatic amines is 1. The molecule has 0 saturated carbocycles. The third-order valence-electron chi connectivity index (χ3n) is 8.49. The molecule has 39 heavy (non-hydrogen) atoms. The van der Waals surface area contributed by atoms with Gasteiger partial charge >= 0.3 is 0 Å². The molecule has 6 rings (SSSR count). The summed E-state index contributed by atoms with van der Waals surface area (Å²) in [5.41, 5.74) is 3.04. The molecule has 0 bridgehead atoms. The van der Waals surface area contributed by atoms with Crippen molar-refractivity contribution in [3.05, 3.63) is 70.9 Å². The number of hydrogen-bond acceptors (Lipinski definition) is 3. The smallest absolute Gasteiger partial charge is 0.270 e. The topological polar surface area (TPSA) is 85.5 Å². The Hall–Kier alpha value is -3.75. The number of halogens is 2. The standard InChI is InChI=1S/C30H32F2N4O3/c1-30(31,32)21-9-11-23-20(15-21)16-25(33-23)27(37)34-24-8-4-7-22-10-12-26(36(22)28(24)38)29(39)35-14-13-18-5-2-3-6-19(18)17-35/h2-3,5-6,9,11,15-16,22,24,26,33H,4,7-8,10,12-14,17H2,1H3,(H,34,37)/t22-,24-,26-/m0/s1. The number of nitrogens with zero attached hydrogens (tertiary/aromatic N) is 2. The summed E-state index contributed by atoms with van der Waals surface area (Å²) in [5, 5.41) is 3.36. The van der Waals surface area contributed by atoms with Crippen molar-refractivity contribution in [2.45, 2.75) is 76.0 Å². The molecule has 2 saturated heterocycles. The molecule has 3 aliphatic heterocycles. The molecule has 7 nitrogen and oxygen atoms in total. The number of hydrogen-bond donors (Lipinski definition) is 2. The van der Waals surface area contributed by atoms with E-state index in [9.17, 15) is 23.2 Å². The van der Waals surface area contributed by atoms with Gasteiger partial charge in [-0.25, -0.2) is 8.78 Å². The molecule has 0 radical (unpaired) electrons. The highest BCUT2D eigenvalue weighted by atomic mass is 19.3. The minimum atomic E-state index is -2.99. The van der Waals surface area contributed by atoms with E-state index in [1.165, 1.54) is 29.8 Å². The molecule has 2 aromatic carbocycles. The maximum atomic E-state index is 13.8. The second kappa shape index (κ2) is 9.77. The lowest BCUT2D eigenvalue weighted by atomic mass is 9.99. The van der Waals surface area contributed by atoms with Crippen LogP contribution in [0.1, 0.15) is 66.2 Å². The van der Waals surface area contributed by atoms with E-state index in [2.05, 4.69) is 16.4 Å². The molecular formula is C30H32F2N4O3. The lowest BCUT2D eigenvalue weighted by Gasteiger charge is -2.35. The van der Waals surface area contributed by atoms with E-state index in [0.29, 0.717) is 36.8 Å². The largest absolute Gasteiger partial charge is 0.351 e. The number of carbonyl (C=O) groups is 3. The number of alkyl halides is 2. The van der Waals surface area contributed by atoms with Gasteiger partial charge in [0.15, 0.2) is 0 Å². The molecule has 204 valence electrons. The number of H-pyrrole nitrogens is 1. The van der Waals surface area contributed by atoms with Crippen LogP contribution in [0.15, 0.2) is 48.5 Å². The Morgan fingerprint density at radius 2 is 1.82 bits per heavy atom. The van der Waals surface area contributed by atoms with Gasteiger partial charge in [0.2, 0.25) is 11.8 Å². The molecule has 3 atom stereocenters. The van der Waals surface area contributed by atoms with Crippen LogP contribution in [0.3, 0.4) is 0 Å². The Bertz CT molecular complexity index is 1450. The summed E-state index contributed by atoms with van der Waals surface area (Å²) in [6, 6.07) is 12.6. The molecule has 9 heteroatoms. The fourth-order valence-electron chi connectivity index (χ4n) is 6.40. The first kappa shape index (κ1) is 25.5. The maximum Gasteiger partial charge on any atom is 0.270 e. The number of nitrogens with one attached hydrogen (secondary N) is 2. The van der Waals surface area contributed by atoms with Crippen LogP contribution in [-0.2, 0) is 28.5 Å². The average molecular weight is 535 g/mol. The van der Waals surface area contributed by atoms with Crippen LogP contribution < -0.4 is 5.32 Å². The fourth-order valence-corrected chi connectivity index (χ4v) is 6.40. The van der Waals surface area contributed by atoms with Gasteiger partial charge in [0.05, 0.1) is 0 Å². The molecular weight excluding hydrogens is 502 g/mol. The number of aromatic nitrogens is 1. The summed E-state index contributed by atoms with van der Waals surface area (Å²) >= 11 is 0. The lowest BCUT2D eigenvalue weighted by molar-refractivity contribution is -0.146. The molecule has 0 unspecified atom stereocenters. The Morgan fingerprint density at radius 3 is 2.62 bits per heavy atom. The molecule has 0 spiro atoms. The van der Waals surface area contributed by atoms with Crippen molar-refractivity contribution in [3.63, 3.8) is 0 Å². The van der Waals surface area contributed by atoms with Crippen LogP contribution in [0.25, 0.3) is 10.9 Å². The van der Waals surface area contributed by atoms with E-state index in [0.717, 1.165) is 38.2 Å². The highest BCUT2D eigenvalue weighted by Crippen LogP contribution is 2.34. The van der Waals surface area contributed by atoms with Crippen molar-refractivity contribution >= 4 is 28.6 Å². The van der Waals surface area contributed by atoms with E-state index < -0.39 is 23.9 Å². The van der Waals surface area contributed by atoms with E-state index in [1.54, 1.807) is 4.90 Å². The summed E-state index contributed by atoms with van der Waals surface area (Å²) in [7, 11) is 0. The maximum absolute atomic E-state index is 13.8. The normalized spacial score (nSPS) is 23.4. The van der Waals surface area contributed by atoms with Gasteiger partial charge in [0.25, 0.3) is 11.8 Å². The lowest BCUT2D eigenvalue weighted by Crippen LogP contribution is -2.55. The summed E-state index contributed by atoms with van der Waals surface area (Å²) in [6.45, 7) is 2.01. The predicted molar refractivity (Wildman–Crippen MR) is 142 cm³/mol. The van der Waals surface area contributed by atoms with Crippen LogP contribution >= 0.6 is 0 Å². The first-order chi connectivity index (χ1) is 18.7. The molecule has 2 N–H and O–H groups in total. The van der Waals surface area contributed by atoms with Crippen LogP contribution in [0.5, 0.6) is 0 Å². The Balaban J connectivity index is 1.18. The molecule has 2 fully saturated rings. The van der Waals surface area contributed by atoms with Gasteiger partial charge in [-0.3, -0.25) is 14.4 Å². The third kappa shape index (κ3) is 4.79. The number of amides is 3. The van der Waals surface area contributed by atoms with E-state index >= 15 is 0 Å². The van der Waals surface area contributed by atoms with E-state index in [-0.39, 0.29) is 29.1 Å². The quantitative estimate of drug-likeness (QED) is 0.517. The number of carbonyl (C=O) groups excluding carboxylic acids is 3. The second-order valence-corrected chi connectivity index (χ2v) is 11.1. The van der Waals surface area contributed by atoms with Crippen LogP contribution in [0, 0.1) is 0 Å². The fraction of sp³-hybridized carbons (Fsp3) is 0.433. The first-order valence-corrected chi connectivity index (χ1v) is 13.7. The van der Waals surface area contributed by atoms with Gasteiger partial charge < -0.3 is 20.1 Å². The molecule has 3 aromatic rings. The summed E-state index contributed by atoms with van der Waals surface area (Å²) < 4.78 is 27.5. The average Bonchev–Trinajstić information content (AvgIpc) is 3.51. The Morgan fingerprint density at radius 1 is 1.03 bits per heavy atom. The minimum Gasteiger partial charge on any atom is -0.351 e. The predicted octanol–water partition coefficient (Wildman–Crippen LogP) is 4.51. The SMILES string of the molecule is CC(F)(F)c1ccc2[nH]c(C(=O)N[C@H]3CCC[C@H]4CC[C@@H](C(=O)N5CCc6ccccc6C5)N4C3=O)cc2c1. The molecule has 0 aliphatic carbocycles. The van der Waals surface area contributed by atoms with E-state index in [4.69, 9.17) is 0 Å². The van der Waals surface area contributed by atoms with E-state index in [1.807, 2.05) is 23.1 Å². The van der Waals surface area contributed by atoms with Gasteiger partial charge in [0, 0.05) is 42.5 Å². The number of rotatable bonds is 4. The van der Waals surface area contributed by atoms with Crippen molar-refractivity contribution < 1.29 is 23.2 Å². The van der Waals surface area contributed by atoms with Crippen LogP contribution in [0.4, 0.5) is 8.78 Å². The van der Waals surface area contributed by atoms with Crippen molar-refractivity contribution in [2.24, 2.45) is 0 Å². The van der Waals surface area contributed by atoms with Crippen LogP contribution in [0.2, 0.25) is 0 Å². The zero-order chi connectivity index (χ0) is 27.3. The highest BCUT2D eigenvalue weighted by molar-refractivity contribution is 6.01. The van der Waals surface area contributed by atoms with Crippen molar-refractivity contribution in [1.29, 1.82) is 0 Å². The van der Waals surface area contributed by atoms with Crippen molar-refractivity contribution in [3.8, 4) is 0 Å². The molecule has 3 aliphatic rings. The molecule has 3 amide bonds. The zero-order valence-electron chi connectivity index (χ0n) is 21.9. The van der Waals surface area contributed by atoms with Gasteiger partial charge in [-0.2, -0.15) is 0 Å². The third-order valence-corrected chi connectivity index (χ3v) is 8.49. The Kier molecular flexibility index (Phi) is 6.40. The van der Waals surface area contributed by atoms with Gasteiger partial charge in [0.1, 0.15) is 17.8 Å². The molecule has 1 aromatic heterocycles.